The van der Waals surface area contributed by atoms with Crippen molar-refractivity contribution in [1.82, 2.24) is 9.97 Å². The first-order valence-corrected chi connectivity index (χ1v) is 12.6. The molecule has 0 fully saturated rings. The number of hydrogen-bond donors (Lipinski definition) is 1. The molecule has 1 amide bonds. The molecule has 1 N–H and O–H groups in total. The third-order valence-electron chi connectivity index (χ3n) is 6.50. The van der Waals surface area contributed by atoms with Crippen LogP contribution in [0.25, 0.3) is 21.3 Å². The lowest BCUT2D eigenvalue weighted by atomic mass is 9.95. The molecule has 6 nitrogen and oxygen atoms in total. The second kappa shape index (κ2) is 9.11. The van der Waals surface area contributed by atoms with E-state index in [-0.39, 0.29) is 5.57 Å². The highest BCUT2D eigenvalue weighted by molar-refractivity contribution is 7.17. The van der Waals surface area contributed by atoms with Gasteiger partial charge in [0.1, 0.15) is 5.01 Å². The van der Waals surface area contributed by atoms with Crippen molar-refractivity contribution in [2.45, 2.75) is 13.0 Å². The van der Waals surface area contributed by atoms with Crippen molar-refractivity contribution in [3.63, 3.8) is 0 Å². The van der Waals surface area contributed by atoms with Gasteiger partial charge in [-0.2, -0.15) is 0 Å². The average Bonchev–Trinajstić information content (AvgIpc) is 3.46. The normalized spacial score (nSPS) is 15.5. The standard InChI is InChI=1S/C30H21N3O3S/c1-18-28(37-29(32-18)20-10-3-2-4-11-20)26(34)24-25(21-13-8-16-31-17-21)33(30(36)27(24)35)23-15-7-12-19-9-5-6-14-22(19)23/h2-17,25,35H,1H3. The number of ketones is 1. The Balaban J connectivity index is 1.51. The van der Waals surface area contributed by atoms with Gasteiger partial charge in [-0.1, -0.05) is 72.8 Å². The van der Waals surface area contributed by atoms with Crippen LogP contribution in [0.5, 0.6) is 0 Å². The summed E-state index contributed by atoms with van der Waals surface area (Å²) in [5.74, 6) is -1.60. The average molecular weight is 504 g/mol. The molecule has 0 radical (unpaired) electrons. The van der Waals surface area contributed by atoms with E-state index in [4.69, 9.17) is 0 Å². The lowest BCUT2D eigenvalue weighted by molar-refractivity contribution is -0.117. The van der Waals surface area contributed by atoms with Gasteiger partial charge in [0.15, 0.2) is 5.76 Å². The van der Waals surface area contributed by atoms with Gasteiger partial charge in [0.05, 0.1) is 27.9 Å². The van der Waals surface area contributed by atoms with Crippen LogP contribution in [-0.4, -0.2) is 26.8 Å². The van der Waals surface area contributed by atoms with Crippen LogP contribution in [0.3, 0.4) is 0 Å². The number of aliphatic hydroxyl groups excluding tert-OH is 1. The number of aryl methyl sites for hydroxylation is 1. The molecule has 6 rings (SSSR count). The number of aromatic nitrogens is 2. The van der Waals surface area contributed by atoms with E-state index in [0.29, 0.717) is 26.8 Å². The molecule has 180 valence electrons. The van der Waals surface area contributed by atoms with Gasteiger partial charge >= 0.3 is 0 Å². The number of anilines is 1. The fourth-order valence-corrected chi connectivity index (χ4v) is 5.82. The lowest BCUT2D eigenvalue weighted by Crippen LogP contribution is -2.31. The number of hydrogen-bond acceptors (Lipinski definition) is 6. The van der Waals surface area contributed by atoms with Crippen molar-refractivity contribution in [1.29, 1.82) is 0 Å². The van der Waals surface area contributed by atoms with E-state index in [1.165, 1.54) is 16.2 Å². The summed E-state index contributed by atoms with van der Waals surface area (Å²) >= 11 is 1.26. The highest BCUT2D eigenvalue weighted by Gasteiger charge is 2.45. The molecule has 1 atom stereocenters. The molecule has 0 bridgehead atoms. The molecule has 0 saturated heterocycles. The summed E-state index contributed by atoms with van der Waals surface area (Å²) < 4.78 is 0. The molecule has 3 aromatic carbocycles. The number of pyridine rings is 1. The maximum atomic E-state index is 14.0. The van der Waals surface area contributed by atoms with Crippen molar-refractivity contribution in [2.24, 2.45) is 0 Å². The summed E-state index contributed by atoms with van der Waals surface area (Å²) in [5.41, 5.74) is 2.71. The van der Waals surface area contributed by atoms with E-state index in [2.05, 4.69) is 9.97 Å². The Morgan fingerprint density at radius 3 is 2.49 bits per heavy atom. The van der Waals surface area contributed by atoms with E-state index < -0.39 is 23.5 Å². The Morgan fingerprint density at radius 2 is 1.70 bits per heavy atom. The second-order valence-electron chi connectivity index (χ2n) is 8.75. The van der Waals surface area contributed by atoms with Gasteiger partial charge < -0.3 is 5.11 Å². The number of benzene rings is 3. The van der Waals surface area contributed by atoms with Crippen molar-refractivity contribution < 1.29 is 14.7 Å². The number of thiazole rings is 1. The molecule has 1 unspecified atom stereocenters. The summed E-state index contributed by atoms with van der Waals surface area (Å²) in [6.07, 6.45) is 3.25. The molecule has 3 heterocycles. The predicted octanol–water partition coefficient (Wildman–Crippen LogP) is 6.45. The van der Waals surface area contributed by atoms with Gasteiger partial charge in [0.25, 0.3) is 5.91 Å². The van der Waals surface area contributed by atoms with E-state index in [1.54, 1.807) is 25.4 Å². The molecule has 5 aromatic rings. The van der Waals surface area contributed by atoms with Crippen LogP contribution in [0.1, 0.15) is 27.0 Å². The number of Topliss-reactive ketones (excluding diaryl/α,β-unsaturated/α-hetero) is 1. The summed E-state index contributed by atoms with van der Waals surface area (Å²) in [7, 11) is 0. The minimum absolute atomic E-state index is 0.0253. The fourth-order valence-electron chi connectivity index (χ4n) is 4.79. The van der Waals surface area contributed by atoms with Crippen LogP contribution in [0, 0.1) is 6.92 Å². The Morgan fingerprint density at radius 1 is 0.946 bits per heavy atom. The predicted molar refractivity (Wildman–Crippen MR) is 145 cm³/mol. The maximum Gasteiger partial charge on any atom is 0.294 e. The monoisotopic (exact) mass is 503 g/mol. The molecular weight excluding hydrogens is 482 g/mol. The summed E-state index contributed by atoms with van der Waals surface area (Å²) in [6.45, 7) is 1.77. The Hall–Kier alpha value is -4.62. The Labute approximate surface area is 217 Å². The maximum absolute atomic E-state index is 14.0. The highest BCUT2D eigenvalue weighted by Crippen LogP contribution is 2.44. The first-order chi connectivity index (χ1) is 18.0. The van der Waals surface area contributed by atoms with Gasteiger partial charge in [0, 0.05) is 23.3 Å². The topological polar surface area (TPSA) is 83.4 Å². The van der Waals surface area contributed by atoms with Crippen LogP contribution in [0.15, 0.2) is 109 Å². The van der Waals surface area contributed by atoms with E-state index >= 15 is 0 Å². The fraction of sp³-hybridized carbons (Fsp3) is 0.0667. The minimum Gasteiger partial charge on any atom is -0.503 e. The first-order valence-electron chi connectivity index (χ1n) is 11.8. The van der Waals surface area contributed by atoms with Crippen molar-refractivity contribution in [3.05, 3.63) is 125 Å². The van der Waals surface area contributed by atoms with E-state index in [1.807, 2.05) is 78.9 Å². The van der Waals surface area contributed by atoms with Gasteiger partial charge in [-0.25, -0.2) is 4.98 Å². The third-order valence-corrected chi connectivity index (χ3v) is 7.71. The van der Waals surface area contributed by atoms with Crippen molar-refractivity contribution in [3.8, 4) is 10.6 Å². The third kappa shape index (κ3) is 3.80. The largest absolute Gasteiger partial charge is 0.503 e. The SMILES string of the molecule is Cc1nc(-c2ccccc2)sc1C(=O)C1=C(O)C(=O)N(c2cccc3ccccc23)C1c1cccnc1. The van der Waals surface area contributed by atoms with Crippen molar-refractivity contribution >= 4 is 39.5 Å². The van der Waals surface area contributed by atoms with E-state index in [9.17, 15) is 14.7 Å². The molecule has 1 aliphatic rings. The molecular formula is C30H21N3O3S. The molecule has 2 aromatic heterocycles. The molecule has 7 heteroatoms. The molecule has 0 saturated carbocycles. The molecule has 0 aliphatic carbocycles. The quantitative estimate of drug-likeness (QED) is 0.279. The van der Waals surface area contributed by atoms with Gasteiger partial charge in [-0.15, -0.1) is 11.3 Å². The Kier molecular flexibility index (Phi) is 5.62. The second-order valence-corrected chi connectivity index (χ2v) is 9.75. The minimum atomic E-state index is -0.846. The lowest BCUT2D eigenvalue weighted by Gasteiger charge is -2.27. The molecule has 37 heavy (non-hydrogen) atoms. The zero-order valence-electron chi connectivity index (χ0n) is 19.8. The number of nitrogens with zero attached hydrogens (tertiary/aromatic N) is 3. The van der Waals surface area contributed by atoms with Crippen molar-refractivity contribution in [2.75, 3.05) is 4.90 Å². The van der Waals surface area contributed by atoms with Crippen LogP contribution in [-0.2, 0) is 4.79 Å². The number of amides is 1. The number of fused-ring (bicyclic) bond motifs is 1. The highest BCUT2D eigenvalue weighted by atomic mass is 32.1. The van der Waals surface area contributed by atoms with Crippen LogP contribution in [0.2, 0.25) is 0 Å². The van der Waals surface area contributed by atoms with Crippen LogP contribution >= 0.6 is 11.3 Å². The van der Waals surface area contributed by atoms with E-state index in [0.717, 1.165) is 16.3 Å². The zero-order chi connectivity index (χ0) is 25.5. The number of carbonyl (C=O) groups is 2. The molecule has 0 spiro atoms. The Bertz CT molecular complexity index is 1690. The van der Waals surface area contributed by atoms with Gasteiger partial charge in [0.2, 0.25) is 5.78 Å². The van der Waals surface area contributed by atoms with Crippen LogP contribution < -0.4 is 4.90 Å². The summed E-state index contributed by atoms with van der Waals surface area (Å²) in [4.78, 5) is 38.4. The smallest absolute Gasteiger partial charge is 0.294 e. The summed E-state index contributed by atoms with van der Waals surface area (Å²) in [5, 5.41) is 13.7. The number of aliphatic hydroxyl groups is 1. The first kappa shape index (κ1) is 22.8. The van der Waals surface area contributed by atoms with Crippen LogP contribution in [0.4, 0.5) is 5.69 Å². The number of carbonyl (C=O) groups excluding carboxylic acids is 2. The number of rotatable bonds is 5. The van der Waals surface area contributed by atoms with Gasteiger partial charge in [-0.05, 0) is 30.0 Å². The summed E-state index contributed by atoms with van der Waals surface area (Å²) in [6, 6.07) is 25.7. The zero-order valence-corrected chi connectivity index (χ0v) is 20.6. The molecule has 1 aliphatic heterocycles. The van der Waals surface area contributed by atoms with Gasteiger partial charge in [-0.3, -0.25) is 19.5 Å².